The van der Waals surface area contributed by atoms with Gasteiger partial charge in [0.25, 0.3) is 0 Å². The number of hydrogen-bond acceptors (Lipinski definition) is 9. The van der Waals surface area contributed by atoms with Gasteiger partial charge in [-0.2, -0.15) is 5.10 Å². The first-order chi connectivity index (χ1) is 24.2. The van der Waals surface area contributed by atoms with Crippen LogP contribution in [0.5, 0.6) is 11.6 Å². The highest BCUT2D eigenvalue weighted by Gasteiger charge is 2.35. The first-order valence-corrected chi connectivity index (χ1v) is 17.1. The topological polar surface area (TPSA) is 96.7 Å². The minimum Gasteiger partial charge on any atom is -0.489 e. The number of nitrogens with zero attached hydrogens (tertiary/aromatic N) is 6. The molecular weight excluding hydrogens is 616 g/mol. The lowest BCUT2D eigenvalue weighted by Crippen LogP contribution is -2.44. The summed E-state index contributed by atoms with van der Waals surface area (Å²) in [5, 5.41) is 10.9. The highest BCUT2D eigenvalue weighted by Crippen LogP contribution is 2.33. The lowest BCUT2D eigenvalue weighted by Gasteiger charge is -2.39. The maximum absolute atomic E-state index is 6.45. The van der Waals surface area contributed by atoms with Crippen molar-refractivity contribution in [2.24, 2.45) is 7.05 Å². The van der Waals surface area contributed by atoms with Crippen LogP contribution in [0, 0.1) is 0 Å². The Morgan fingerprint density at radius 2 is 1.63 bits per heavy atom. The Labute approximate surface area is 285 Å². The summed E-state index contributed by atoms with van der Waals surface area (Å²) in [5.74, 6) is 2.20. The van der Waals surface area contributed by atoms with Crippen LogP contribution in [0.15, 0.2) is 97.6 Å². The molecule has 0 bridgehead atoms. The van der Waals surface area contributed by atoms with Crippen molar-refractivity contribution in [3.8, 4) is 22.8 Å². The molecule has 250 valence electrons. The van der Waals surface area contributed by atoms with Gasteiger partial charge in [0.1, 0.15) is 18.5 Å². The van der Waals surface area contributed by atoms with Gasteiger partial charge in [-0.25, -0.2) is 4.98 Å². The molecule has 2 fully saturated rings. The molecule has 49 heavy (non-hydrogen) atoms. The van der Waals surface area contributed by atoms with Gasteiger partial charge in [0, 0.05) is 85.6 Å². The molecule has 5 heterocycles. The maximum Gasteiger partial charge on any atom is 0.213 e. The number of fused-ring (bicyclic) bond motifs is 3. The van der Waals surface area contributed by atoms with Crippen LogP contribution in [0.2, 0.25) is 0 Å². The zero-order chi connectivity index (χ0) is 33.0. The van der Waals surface area contributed by atoms with E-state index in [1.165, 1.54) is 21.8 Å². The molecule has 0 amide bonds. The number of ether oxygens (including phenoxy) is 4. The van der Waals surface area contributed by atoms with Gasteiger partial charge in [-0.05, 0) is 42.2 Å². The maximum atomic E-state index is 6.45. The van der Waals surface area contributed by atoms with E-state index >= 15 is 0 Å². The summed E-state index contributed by atoms with van der Waals surface area (Å²) < 4.78 is 26.5. The van der Waals surface area contributed by atoms with Crippen molar-refractivity contribution in [3.63, 3.8) is 0 Å². The molecule has 1 aliphatic carbocycles. The summed E-state index contributed by atoms with van der Waals surface area (Å²) in [5.41, 5.74) is 5.70. The van der Waals surface area contributed by atoms with Crippen LogP contribution >= 0.6 is 0 Å². The molecule has 10 heteroatoms. The molecule has 0 radical (unpaired) electrons. The average Bonchev–Trinajstić information content (AvgIpc) is 3.42. The predicted octanol–water partition coefficient (Wildman–Crippen LogP) is 6.77. The molecule has 0 atom stereocenters. The second kappa shape index (κ2) is 14.2. The van der Waals surface area contributed by atoms with Gasteiger partial charge >= 0.3 is 0 Å². The molecular formula is C39H40N6O4. The molecule has 4 aromatic heterocycles. The lowest BCUT2D eigenvalue weighted by atomic mass is 9.91. The van der Waals surface area contributed by atoms with Crippen LogP contribution in [0.3, 0.4) is 0 Å². The van der Waals surface area contributed by atoms with Crippen molar-refractivity contribution in [2.75, 3.05) is 31.2 Å². The van der Waals surface area contributed by atoms with Crippen molar-refractivity contribution < 1.29 is 18.9 Å². The van der Waals surface area contributed by atoms with E-state index in [2.05, 4.69) is 79.1 Å². The van der Waals surface area contributed by atoms with Gasteiger partial charge in [0.05, 0.1) is 37.1 Å². The fourth-order valence-electron chi connectivity index (χ4n) is 6.80. The van der Waals surface area contributed by atoms with E-state index in [-0.39, 0.29) is 18.3 Å². The lowest BCUT2D eigenvalue weighted by molar-refractivity contribution is -0.102. The quantitative estimate of drug-likeness (QED) is 0.132. The van der Waals surface area contributed by atoms with E-state index in [1.807, 2.05) is 48.9 Å². The minimum absolute atomic E-state index is 0.131. The number of pyridine rings is 2. The van der Waals surface area contributed by atoms with E-state index in [4.69, 9.17) is 18.9 Å². The summed E-state index contributed by atoms with van der Waals surface area (Å²) in [6.45, 7) is 3.29. The number of hydrogen-bond donors (Lipinski definition) is 0. The second-order valence-electron chi connectivity index (χ2n) is 12.9. The highest BCUT2D eigenvalue weighted by molar-refractivity contribution is 6.08. The standard InChI is InChI=1S/C39H40N6O4/c1-44-36-11-14-40-25-35(36)34-9-7-28(19-37(34)44)29-8-10-39(41-23-29)49-32-20-31(21-32)48-30-12-15-45(16-13-30)38-22-33(24-42-43-38)47-18-17-46-26-27-5-3-2-4-6-27/h2-11,14,19,22-25,30-32H,12-13,15-18,20-21,26H2,1H3/t31-,32-. The number of aryl methyl sites for hydroxylation is 1. The van der Waals surface area contributed by atoms with Crippen LogP contribution in [0.4, 0.5) is 5.82 Å². The van der Waals surface area contributed by atoms with Gasteiger partial charge in [-0.15, -0.1) is 5.10 Å². The Morgan fingerprint density at radius 1 is 0.776 bits per heavy atom. The Hall–Kier alpha value is -5.06. The van der Waals surface area contributed by atoms with E-state index in [9.17, 15) is 0 Å². The third kappa shape index (κ3) is 7.06. The van der Waals surface area contributed by atoms with Gasteiger partial charge < -0.3 is 28.4 Å². The molecule has 1 saturated heterocycles. The molecule has 6 aromatic rings. The fourth-order valence-corrected chi connectivity index (χ4v) is 6.80. The normalized spacial score (nSPS) is 18.1. The first kappa shape index (κ1) is 31.2. The van der Waals surface area contributed by atoms with E-state index in [1.54, 1.807) is 6.20 Å². The van der Waals surface area contributed by atoms with Gasteiger partial charge in [-0.3, -0.25) is 4.98 Å². The summed E-state index contributed by atoms with van der Waals surface area (Å²) >= 11 is 0. The van der Waals surface area contributed by atoms with Crippen LogP contribution in [-0.2, 0) is 23.1 Å². The number of benzene rings is 2. The average molecular weight is 657 g/mol. The Bertz CT molecular complexity index is 2000. The third-order valence-corrected chi connectivity index (χ3v) is 9.59. The molecule has 1 saturated carbocycles. The van der Waals surface area contributed by atoms with Crippen molar-refractivity contribution in [2.45, 2.75) is 50.6 Å². The smallest absolute Gasteiger partial charge is 0.213 e. The zero-order valence-electron chi connectivity index (χ0n) is 27.6. The molecule has 2 aromatic carbocycles. The van der Waals surface area contributed by atoms with E-state index in [0.29, 0.717) is 31.5 Å². The SMILES string of the molecule is Cn1c2ccncc2c2ccc(-c3ccc(O[C@H]4C[C@H](OC5CCN(c6cc(OCCOCc7ccccc7)cnn6)CC5)C4)nc3)cc21. The summed E-state index contributed by atoms with van der Waals surface area (Å²) in [7, 11) is 2.10. The monoisotopic (exact) mass is 656 g/mol. The Kier molecular flexibility index (Phi) is 9.05. The Balaban J connectivity index is 0.760. The van der Waals surface area contributed by atoms with Crippen molar-refractivity contribution in [1.82, 2.24) is 24.7 Å². The molecule has 8 rings (SSSR count). The number of piperidine rings is 1. The highest BCUT2D eigenvalue weighted by atomic mass is 16.5. The van der Waals surface area contributed by atoms with E-state index in [0.717, 1.165) is 61.3 Å². The molecule has 0 N–H and O–H groups in total. The van der Waals surface area contributed by atoms with Gasteiger partial charge in [0.2, 0.25) is 5.88 Å². The van der Waals surface area contributed by atoms with Crippen LogP contribution in [-0.4, -0.2) is 69.3 Å². The molecule has 0 unspecified atom stereocenters. The van der Waals surface area contributed by atoms with Crippen LogP contribution in [0.1, 0.15) is 31.2 Å². The summed E-state index contributed by atoms with van der Waals surface area (Å²) in [6, 6.07) is 24.7. The van der Waals surface area contributed by atoms with Gasteiger partial charge in [-0.1, -0.05) is 42.5 Å². The number of rotatable bonds is 12. The molecule has 1 aliphatic heterocycles. The second-order valence-corrected chi connectivity index (χ2v) is 12.9. The number of aromatic nitrogens is 5. The first-order valence-electron chi connectivity index (χ1n) is 17.1. The Morgan fingerprint density at radius 3 is 2.47 bits per heavy atom. The largest absolute Gasteiger partial charge is 0.489 e. The third-order valence-electron chi connectivity index (χ3n) is 9.59. The molecule has 0 spiro atoms. The fraction of sp³-hybridized carbons (Fsp3) is 0.333. The summed E-state index contributed by atoms with van der Waals surface area (Å²) in [6.07, 6.45) is 11.6. The minimum atomic E-state index is 0.131. The predicted molar refractivity (Wildman–Crippen MR) is 189 cm³/mol. The number of anilines is 1. The van der Waals surface area contributed by atoms with Gasteiger partial charge in [0.15, 0.2) is 5.82 Å². The van der Waals surface area contributed by atoms with Crippen LogP contribution < -0.4 is 14.4 Å². The van der Waals surface area contributed by atoms with E-state index < -0.39 is 0 Å². The van der Waals surface area contributed by atoms with Crippen LogP contribution in [0.25, 0.3) is 32.9 Å². The summed E-state index contributed by atoms with van der Waals surface area (Å²) in [4.78, 5) is 11.2. The zero-order valence-corrected chi connectivity index (χ0v) is 27.6. The van der Waals surface area contributed by atoms with Crippen molar-refractivity contribution in [3.05, 3.63) is 103 Å². The molecule has 10 nitrogen and oxygen atoms in total. The van der Waals surface area contributed by atoms with Crippen molar-refractivity contribution >= 4 is 27.6 Å². The molecule has 2 aliphatic rings. The van der Waals surface area contributed by atoms with Crippen molar-refractivity contribution in [1.29, 1.82) is 0 Å².